The number of ether oxygens (including phenoxy) is 5. The van der Waals surface area contributed by atoms with Crippen LogP contribution in [0, 0.1) is 0 Å². The Morgan fingerprint density at radius 2 is 1.76 bits per heavy atom. The second kappa shape index (κ2) is 13.9. The highest BCUT2D eigenvalue weighted by molar-refractivity contribution is 9.10. The maximum Gasteiger partial charge on any atom is 0.338 e. The second-order valence-corrected chi connectivity index (χ2v) is 12.1. The van der Waals surface area contributed by atoms with Crippen molar-refractivity contribution in [3.8, 4) is 23.0 Å². The van der Waals surface area contributed by atoms with Crippen LogP contribution in [0.3, 0.4) is 0 Å². The molecule has 12 heteroatoms. The Kier molecular flexibility index (Phi) is 10.0. The molecule has 9 nitrogen and oxygen atoms in total. The van der Waals surface area contributed by atoms with Crippen LogP contribution in [0.15, 0.2) is 80.1 Å². The summed E-state index contributed by atoms with van der Waals surface area (Å²) in [7, 11) is 4.61. The topological polar surface area (TPSA) is 97.6 Å². The quantitative estimate of drug-likeness (QED) is 0.191. The predicted octanol–water partition coefficient (Wildman–Crippen LogP) is 5.82. The SMILES string of the molecule is CCOC(=O)C1=C(C)N=c2s/c(=C\c3cccc(OC)c3OCc3cccc(Cl)c3)c(=O)n2[C@H]1c1cc(OC)c(OC)cc1Br. The molecule has 5 rings (SSSR count). The van der Waals surface area contributed by atoms with Gasteiger partial charge < -0.3 is 23.7 Å². The van der Waals surface area contributed by atoms with E-state index in [4.69, 9.17) is 35.3 Å². The van der Waals surface area contributed by atoms with Crippen LogP contribution in [0.1, 0.15) is 36.6 Å². The summed E-state index contributed by atoms with van der Waals surface area (Å²) >= 11 is 11.0. The third kappa shape index (κ3) is 6.51. The maximum atomic E-state index is 14.3. The van der Waals surface area contributed by atoms with E-state index in [0.717, 1.165) is 5.56 Å². The normalized spacial score (nSPS) is 14.5. The molecule has 1 atom stereocenters. The number of allylic oxidation sites excluding steroid dienone is 1. The molecule has 1 aliphatic heterocycles. The molecule has 0 saturated carbocycles. The average Bonchev–Trinajstić information content (AvgIpc) is 3.33. The van der Waals surface area contributed by atoms with E-state index in [1.165, 1.54) is 30.1 Å². The summed E-state index contributed by atoms with van der Waals surface area (Å²) in [6, 6.07) is 15.4. The number of fused-ring (bicyclic) bond motifs is 1. The van der Waals surface area contributed by atoms with Crippen LogP contribution in [-0.4, -0.2) is 38.5 Å². The van der Waals surface area contributed by atoms with Gasteiger partial charge >= 0.3 is 5.97 Å². The van der Waals surface area contributed by atoms with Crippen LogP contribution in [0.25, 0.3) is 6.08 Å². The molecule has 0 spiro atoms. The lowest BCUT2D eigenvalue weighted by Gasteiger charge is -2.26. The fraction of sp³-hybridized carbons (Fsp3) is 0.242. The first-order chi connectivity index (χ1) is 21.7. The predicted molar refractivity (Wildman–Crippen MR) is 176 cm³/mol. The highest BCUT2D eigenvalue weighted by Crippen LogP contribution is 2.41. The number of benzene rings is 3. The lowest BCUT2D eigenvalue weighted by atomic mass is 9.95. The van der Waals surface area contributed by atoms with E-state index in [2.05, 4.69) is 20.9 Å². The van der Waals surface area contributed by atoms with Gasteiger partial charge in [-0.1, -0.05) is 63.1 Å². The molecule has 1 aromatic heterocycles. The van der Waals surface area contributed by atoms with Gasteiger partial charge in [-0.3, -0.25) is 9.36 Å². The Morgan fingerprint density at radius 3 is 2.44 bits per heavy atom. The molecule has 3 aromatic carbocycles. The van der Waals surface area contributed by atoms with Crippen LogP contribution >= 0.6 is 38.9 Å². The minimum Gasteiger partial charge on any atom is -0.493 e. The molecule has 0 amide bonds. The summed E-state index contributed by atoms with van der Waals surface area (Å²) in [5.41, 5.74) is 2.46. The van der Waals surface area contributed by atoms with Gasteiger partial charge in [0.05, 0.1) is 49.8 Å². The van der Waals surface area contributed by atoms with Crippen LogP contribution in [0.2, 0.25) is 5.02 Å². The van der Waals surface area contributed by atoms with E-state index in [-0.39, 0.29) is 24.3 Å². The number of nitrogens with zero attached hydrogens (tertiary/aromatic N) is 2. The number of esters is 1. The Balaban J connectivity index is 1.69. The number of carbonyl (C=O) groups is 1. The van der Waals surface area contributed by atoms with E-state index < -0.39 is 12.0 Å². The molecule has 0 unspecified atom stereocenters. The third-order valence-corrected chi connectivity index (χ3v) is 9.01. The van der Waals surface area contributed by atoms with Crippen molar-refractivity contribution in [1.82, 2.24) is 4.57 Å². The summed E-state index contributed by atoms with van der Waals surface area (Å²) in [4.78, 5) is 32.7. The van der Waals surface area contributed by atoms with E-state index in [1.807, 2.05) is 30.3 Å². The van der Waals surface area contributed by atoms with Gasteiger partial charge in [-0.15, -0.1) is 0 Å². The van der Waals surface area contributed by atoms with Crippen molar-refractivity contribution < 1.29 is 28.5 Å². The van der Waals surface area contributed by atoms with Crippen LogP contribution in [0.4, 0.5) is 0 Å². The summed E-state index contributed by atoms with van der Waals surface area (Å²) in [6.07, 6.45) is 1.74. The van der Waals surface area contributed by atoms with Crippen molar-refractivity contribution in [3.63, 3.8) is 0 Å². The fourth-order valence-corrected chi connectivity index (χ4v) is 6.84. The Labute approximate surface area is 277 Å². The first-order valence-corrected chi connectivity index (χ1v) is 15.8. The fourth-order valence-electron chi connectivity index (χ4n) is 5.05. The summed E-state index contributed by atoms with van der Waals surface area (Å²) in [6.45, 7) is 3.85. The number of hydrogen-bond acceptors (Lipinski definition) is 9. The van der Waals surface area contributed by atoms with Crippen LogP contribution < -0.4 is 33.8 Å². The van der Waals surface area contributed by atoms with Crippen molar-refractivity contribution in [3.05, 3.63) is 112 Å². The Morgan fingerprint density at radius 1 is 1.04 bits per heavy atom. The molecule has 2 heterocycles. The van der Waals surface area contributed by atoms with Crippen LogP contribution in [-0.2, 0) is 16.1 Å². The number of aromatic nitrogens is 1. The molecule has 0 saturated heterocycles. The molecule has 45 heavy (non-hydrogen) atoms. The molecule has 0 fully saturated rings. The zero-order chi connectivity index (χ0) is 32.2. The summed E-state index contributed by atoms with van der Waals surface area (Å²) in [5.74, 6) is 1.33. The van der Waals surface area contributed by atoms with Crippen molar-refractivity contribution in [2.45, 2.75) is 26.5 Å². The number of carbonyl (C=O) groups excluding carboxylic acids is 1. The minimum atomic E-state index is -0.861. The van der Waals surface area contributed by atoms with Gasteiger partial charge in [0.2, 0.25) is 0 Å². The van der Waals surface area contributed by atoms with Crippen molar-refractivity contribution >= 4 is 50.9 Å². The minimum absolute atomic E-state index is 0.160. The number of para-hydroxylation sites is 1. The number of methoxy groups -OCH3 is 3. The maximum absolute atomic E-state index is 14.3. The van der Waals surface area contributed by atoms with Gasteiger partial charge in [0.15, 0.2) is 27.8 Å². The Hall–Kier alpha value is -4.06. The van der Waals surface area contributed by atoms with Crippen molar-refractivity contribution in [2.24, 2.45) is 4.99 Å². The molecule has 1 aliphatic rings. The molecular formula is C33H30BrClN2O7S. The molecular weight excluding hydrogens is 684 g/mol. The van der Waals surface area contributed by atoms with E-state index in [9.17, 15) is 9.59 Å². The first-order valence-electron chi connectivity index (χ1n) is 13.9. The summed E-state index contributed by atoms with van der Waals surface area (Å²) < 4.78 is 30.8. The standard InChI is InChI=1S/C33H30BrClN2O7S/c1-6-43-32(39)28-18(2)36-33-37(29(28)22-15-25(41-4)26(42-5)16-23(22)34)31(38)27(45-33)14-20-10-8-12-24(40-3)30(20)44-17-19-9-7-11-21(35)13-19/h7-16,29H,6,17H2,1-5H3/b27-14-/t29-/m0/s1. The first kappa shape index (κ1) is 32.3. The van der Waals surface area contributed by atoms with E-state index >= 15 is 0 Å². The number of rotatable bonds is 10. The van der Waals surface area contributed by atoms with Gasteiger partial charge in [-0.25, -0.2) is 9.79 Å². The largest absolute Gasteiger partial charge is 0.493 e. The lowest BCUT2D eigenvalue weighted by molar-refractivity contribution is -0.139. The highest BCUT2D eigenvalue weighted by Gasteiger charge is 2.35. The van der Waals surface area contributed by atoms with Gasteiger partial charge in [0, 0.05) is 15.1 Å². The van der Waals surface area contributed by atoms with Gasteiger partial charge in [-0.05, 0) is 61.4 Å². The second-order valence-electron chi connectivity index (χ2n) is 9.83. The number of thiazole rings is 1. The van der Waals surface area contributed by atoms with Gasteiger partial charge in [-0.2, -0.15) is 0 Å². The van der Waals surface area contributed by atoms with Crippen molar-refractivity contribution in [2.75, 3.05) is 27.9 Å². The molecule has 0 bridgehead atoms. The zero-order valence-corrected chi connectivity index (χ0v) is 28.3. The summed E-state index contributed by atoms with van der Waals surface area (Å²) in [5, 5.41) is 0.602. The molecule has 234 valence electrons. The molecule has 4 aromatic rings. The monoisotopic (exact) mass is 712 g/mol. The van der Waals surface area contributed by atoms with Gasteiger partial charge in [0.1, 0.15) is 6.61 Å². The zero-order valence-electron chi connectivity index (χ0n) is 25.2. The Bertz CT molecular complexity index is 1990. The van der Waals surface area contributed by atoms with Gasteiger partial charge in [0.25, 0.3) is 5.56 Å². The van der Waals surface area contributed by atoms with Crippen LogP contribution in [0.5, 0.6) is 23.0 Å². The average molecular weight is 714 g/mol. The molecule has 0 N–H and O–H groups in total. The van der Waals surface area contributed by atoms with E-state index in [1.54, 1.807) is 51.3 Å². The molecule has 0 aliphatic carbocycles. The van der Waals surface area contributed by atoms with E-state index in [0.29, 0.717) is 58.7 Å². The third-order valence-electron chi connectivity index (χ3n) is 7.10. The number of halogens is 2. The smallest absolute Gasteiger partial charge is 0.338 e. The molecule has 0 radical (unpaired) electrons. The highest BCUT2D eigenvalue weighted by atomic mass is 79.9. The lowest BCUT2D eigenvalue weighted by Crippen LogP contribution is -2.40. The number of hydrogen-bond donors (Lipinski definition) is 0. The van der Waals surface area contributed by atoms with Crippen molar-refractivity contribution in [1.29, 1.82) is 0 Å².